The van der Waals surface area contributed by atoms with Crippen LogP contribution in [0.25, 0.3) is 0 Å². The summed E-state index contributed by atoms with van der Waals surface area (Å²) in [4.78, 5) is 0. The summed E-state index contributed by atoms with van der Waals surface area (Å²) in [6.45, 7) is -0.123. The maximum Gasteiger partial charge on any atom is 0.0770 e. The maximum atomic E-state index is 9.04. The summed E-state index contributed by atoms with van der Waals surface area (Å²) in [5, 5.41) is 25.9. The first-order valence-electron chi connectivity index (χ1n) is 5.47. The van der Waals surface area contributed by atoms with Crippen LogP contribution in [-0.4, -0.2) is 22.9 Å². The minimum Gasteiger partial charge on any atom is -0.394 e. The van der Waals surface area contributed by atoms with Crippen molar-refractivity contribution in [3.05, 3.63) is 0 Å². The minimum absolute atomic E-state index is 0.123. The summed E-state index contributed by atoms with van der Waals surface area (Å²) in [7, 11) is 0. The van der Waals surface area contributed by atoms with E-state index < -0.39 is 6.10 Å². The predicted octanol–water partition coefficient (Wildman–Crippen LogP) is 1.98. The Balaban J connectivity index is 2.96. The van der Waals surface area contributed by atoms with Crippen LogP contribution in [0.4, 0.5) is 0 Å². The van der Waals surface area contributed by atoms with E-state index >= 15 is 0 Å². The van der Waals surface area contributed by atoms with Gasteiger partial charge in [0, 0.05) is 6.42 Å². The van der Waals surface area contributed by atoms with Gasteiger partial charge in [-0.25, -0.2) is 0 Å². The number of hydrogen-bond donors (Lipinski definition) is 2. The highest BCUT2D eigenvalue weighted by Gasteiger charge is 2.00. The maximum absolute atomic E-state index is 9.04. The van der Waals surface area contributed by atoms with Crippen LogP contribution in [0, 0.1) is 11.3 Å². The number of rotatable bonds is 9. The van der Waals surface area contributed by atoms with Crippen molar-refractivity contribution in [1.29, 1.82) is 5.26 Å². The normalized spacial score (nSPS) is 12.4. The van der Waals surface area contributed by atoms with Gasteiger partial charge in [0.05, 0.1) is 18.8 Å². The van der Waals surface area contributed by atoms with Gasteiger partial charge in [0.2, 0.25) is 0 Å². The average Bonchev–Trinajstić information content (AvgIpc) is 2.21. The van der Waals surface area contributed by atoms with E-state index in [1.165, 1.54) is 12.8 Å². The van der Waals surface area contributed by atoms with E-state index in [9.17, 15) is 0 Å². The molecule has 0 aromatic rings. The van der Waals surface area contributed by atoms with Gasteiger partial charge < -0.3 is 10.2 Å². The molecule has 0 aliphatic carbocycles. The molecule has 2 N–H and O–H groups in total. The van der Waals surface area contributed by atoms with Gasteiger partial charge in [0.15, 0.2) is 0 Å². The summed E-state index contributed by atoms with van der Waals surface area (Å²) < 4.78 is 0. The van der Waals surface area contributed by atoms with Gasteiger partial charge in [-0.2, -0.15) is 5.26 Å². The first-order valence-corrected chi connectivity index (χ1v) is 5.47. The monoisotopic (exact) mass is 199 g/mol. The van der Waals surface area contributed by atoms with Gasteiger partial charge in [-0.05, 0) is 12.8 Å². The van der Waals surface area contributed by atoms with Crippen molar-refractivity contribution < 1.29 is 10.2 Å². The summed E-state index contributed by atoms with van der Waals surface area (Å²) in [6, 6.07) is 2.13. The number of nitrogens with zero attached hydrogens (tertiary/aromatic N) is 1. The molecule has 0 aromatic carbocycles. The molecule has 0 saturated carbocycles. The van der Waals surface area contributed by atoms with Crippen molar-refractivity contribution in [2.24, 2.45) is 0 Å². The Kier molecular flexibility index (Phi) is 10.0. The lowest BCUT2D eigenvalue weighted by Crippen LogP contribution is -2.10. The van der Waals surface area contributed by atoms with Crippen LogP contribution in [0.2, 0.25) is 0 Å². The number of hydrogen-bond acceptors (Lipinski definition) is 3. The zero-order valence-corrected chi connectivity index (χ0v) is 8.78. The molecule has 0 radical (unpaired) electrons. The Bertz CT molecular complexity index is 154. The second-order valence-corrected chi connectivity index (χ2v) is 3.65. The summed E-state index contributed by atoms with van der Waals surface area (Å²) in [5.74, 6) is 0. The van der Waals surface area contributed by atoms with Crippen molar-refractivity contribution in [3.63, 3.8) is 0 Å². The smallest absolute Gasteiger partial charge is 0.0770 e. The standard InChI is InChI=1S/C11H21NO2/c12-9-7-5-3-1-2-4-6-8-11(14)10-13/h11,13-14H,1-8,10H2. The zero-order chi connectivity index (χ0) is 10.6. The Morgan fingerprint density at radius 1 is 1.00 bits per heavy atom. The second kappa shape index (κ2) is 10.5. The Morgan fingerprint density at radius 3 is 2.14 bits per heavy atom. The predicted molar refractivity (Wildman–Crippen MR) is 55.6 cm³/mol. The molecule has 3 nitrogen and oxygen atoms in total. The fourth-order valence-electron chi connectivity index (χ4n) is 1.38. The second-order valence-electron chi connectivity index (χ2n) is 3.65. The Labute approximate surface area is 86.4 Å². The molecule has 0 saturated heterocycles. The molecule has 0 rings (SSSR count). The van der Waals surface area contributed by atoms with Crippen LogP contribution in [0.1, 0.15) is 51.4 Å². The molecule has 1 atom stereocenters. The van der Waals surface area contributed by atoms with Crippen molar-refractivity contribution >= 4 is 0 Å². The first-order chi connectivity index (χ1) is 6.81. The van der Waals surface area contributed by atoms with E-state index in [2.05, 4.69) is 6.07 Å². The SMILES string of the molecule is N#CCCCCCCCCC(O)CO. The quantitative estimate of drug-likeness (QED) is 0.558. The van der Waals surface area contributed by atoms with E-state index in [0.29, 0.717) is 12.8 Å². The van der Waals surface area contributed by atoms with Crippen LogP contribution in [0.3, 0.4) is 0 Å². The molecule has 82 valence electrons. The largest absolute Gasteiger partial charge is 0.394 e. The molecule has 0 fully saturated rings. The molecule has 0 aliphatic heterocycles. The van der Waals surface area contributed by atoms with Gasteiger partial charge in [0.25, 0.3) is 0 Å². The van der Waals surface area contributed by atoms with Crippen molar-refractivity contribution in [3.8, 4) is 6.07 Å². The third-order valence-corrected chi connectivity index (χ3v) is 2.29. The molecule has 0 aromatic heterocycles. The zero-order valence-electron chi connectivity index (χ0n) is 8.78. The van der Waals surface area contributed by atoms with Crippen LogP contribution in [0.15, 0.2) is 0 Å². The van der Waals surface area contributed by atoms with Gasteiger partial charge in [-0.3, -0.25) is 0 Å². The van der Waals surface area contributed by atoms with Crippen molar-refractivity contribution in [2.45, 2.75) is 57.5 Å². The Hall–Kier alpha value is -0.590. The number of unbranched alkanes of at least 4 members (excludes halogenated alkanes) is 6. The lowest BCUT2D eigenvalue weighted by atomic mass is 10.1. The molecule has 0 spiro atoms. The van der Waals surface area contributed by atoms with Gasteiger partial charge in [-0.1, -0.05) is 32.1 Å². The van der Waals surface area contributed by atoms with Gasteiger partial charge >= 0.3 is 0 Å². The molecule has 0 aliphatic rings. The lowest BCUT2D eigenvalue weighted by molar-refractivity contribution is 0.0860. The number of aliphatic hydroxyl groups is 2. The average molecular weight is 199 g/mol. The molecule has 3 heteroatoms. The third-order valence-electron chi connectivity index (χ3n) is 2.29. The van der Waals surface area contributed by atoms with E-state index in [-0.39, 0.29) is 6.61 Å². The van der Waals surface area contributed by atoms with Crippen molar-refractivity contribution in [1.82, 2.24) is 0 Å². The molecule has 1 unspecified atom stereocenters. The van der Waals surface area contributed by atoms with E-state index in [1.54, 1.807) is 0 Å². The van der Waals surface area contributed by atoms with E-state index in [0.717, 1.165) is 25.7 Å². The van der Waals surface area contributed by atoms with Crippen LogP contribution in [0.5, 0.6) is 0 Å². The fourth-order valence-corrected chi connectivity index (χ4v) is 1.38. The lowest BCUT2D eigenvalue weighted by Gasteiger charge is -2.05. The third kappa shape index (κ3) is 9.50. The van der Waals surface area contributed by atoms with Crippen LogP contribution >= 0.6 is 0 Å². The summed E-state index contributed by atoms with van der Waals surface area (Å²) in [5.41, 5.74) is 0. The van der Waals surface area contributed by atoms with Crippen molar-refractivity contribution in [2.75, 3.05) is 6.61 Å². The number of nitriles is 1. The molecular weight excluding hydrogens is 178 g/mol. The minimum atomic E-state index is -0.534. The summed E-state index contributed by atoms with van der Waals surface area (Å²) in [6.07, 6.45) is 7.43. The fraction of sp³-hybridized carbons (Fsp3) is 0.909. The highest BCUT2D eigenvalue weighted by atomic mass is 16.3. The molecular formula is C11H21NO2. The molecule has 0 bridgehead atoms. The highest BCUT2D eigenvalue weighted by Crippen LogP contribution is 2.09. The Morgan fingerprint density at radius 2 is 1.57 bits per heavy atom. The molecule has 0 heterocycles. The van der Waals surface area contributed by atoms with E-state index in [4.69, 9.17) is 15.5 Å². The first kappa shape index (κ1) is 13.4. The molecule has 14 heavy (non-hydrogen) atoms. The van der Waals surface area contributed by atoms with Crippen LogP contribution < -0.4 is 0 Å². The number of aliphatic hydroxyl groups excluding tert-OH is 2. The summed E-state index contributed by atoms with van der Waals surface area (Å²) >= 11 is 0. The highest BCUT2D eigenvalue weighted by molar-refractivity contribution is 4.67. The van der Waals surface area contributed by atoms with Gasteiger partial charge in [-0.15, -0.1) is 0 Å². The van der Waals surface area contributed by atoms with Gasteiger partial charge in [0.1, 0.15) is 0 Å². The molecule has 0 amide bonds. The van der Waals surface area contributed by atoms with Crippen LogP contribution in [-0.2, 0) is 0 Å². The topological polar surface area (TPSA) is 64.2 Å². The van der Waals surface area contributed by atoms with E-state index in [1.807, 2.05) is 0 Å².